The quantitative estimate of drug-likeness (QED) is 0.722. The molecule has 0 radical (unpaired) electrons. The Labute approximate surface area is 99.3 Å². The first-order valence-electron chi connectivity index (χ1n) is 6.49. The Hall–Kier alpha value is 0.270. The van der Waals surface area contributed by atoms with Gasteiger partial charge in [0.1, 0.15) is 0 Å². The van der Waals surface area contributed by atoms with Crippen molar-refractivity contribution < 1.29 is 0 Å². The predicted octanol–water partition coefficient (Wildman–Crippen LogP) is 2.61. The number of thiol groups is 1. The van der Waals surface area contributed by atoms with Crippen molar-refractivity contribution in [2.75, 3.05) is 19.6 Å². The Morgan fingerprint density at radius 2 is 1.53 bits per heavy atom. The van der Waals surface area contributed by atoms with Crippen LogP contribution in [-0.4, -0.2) is 30.1 Å². The molecule has 1 heterocycles. The Balaban J connectivity index is 2.01. The largest absolute Gasteiger partial charge is 0.296 e. The van der Waals surface area contributed by atoms with Gasteiger partial charge < -0.3 is 0 Å². The van der Waals surface area contributed by atoms with Crippen LogP contribution in [0.25, 0.3) is 0 Å². The molecular formula is C12H24N2S. The standard InChI is InChI=1S/C12H24N2S/c15-13-11-12(7-3-1-4-8-12)14-9-5-2-6-10-14/h13,15H,1-11H2. The first-order valence-corrected chi connectivity index (χ1v) is 6.94. The second-order valence-corrected chi connectivity index (χ2v) is 5.48. The molecule has 1 saturated carbocycles. The minimum Gasteiger partial charge on any atom is -0.296 e. The van der Waals surface area contributed by atoms with Gasteiger partial charge in [-0.3, -0.25) is 9.62 Å². The van der Waals surface area contributed by atoms with E-state index in [0.29, 0.717) is 5.54 Å². The lowest BCUT2D eigenvalue weighted by atomic mass is 9.79. The van der Waals surface area contributed by atoms with Crippen molar-refractivity contribution >= 4 is 12.8 Å². The van der Waals surface area contributed by atoms with Crippen molar-refractivity contribution in [3.63, 3.8) is 0 Å². The Morgan fingerprint density at radius 1 is 0.933 bits per heavy atom. The highest BCUT2D eigenvalue weighted by Gasteiger charge is 2.37. The van der Waals surface area contributed by atoms with E-state index in [1.165, 1.54) is 64.5 Å². The Bertz CT molecular complexity index is 179. The molecule has 1 N–H and O–H groups in total. The van der Waals surface area contributed by atoms with Gasteiger partial charge >= 0.3 is 0 Å². The average molecular weight is 228 g/mol. The summed E-state index contributed by atoms with van der Waals surface area (Å²) in [6, 6.07) is 0. The van der Waals surface area contributed by atoms with E-state index in [9.17, 15) is 0 Å². The molecule has 0 atom stereocenters. The highest BCUT2D eigenvalue weighted by molar-refractivity contribution is 7.78. The van der Waals surface area contributed by atoms with Crippen LogP contribution in [-0.2, 0) is 0 Å². The summed E-state index contributed by atoms with van der Waals surface area (Å²) in [5.74, 6) is 0. The van der Waals surface area contributed by atoms with E-state index in [1.54, 1.807) is 0 Å². The number of rotatable bonds is 3. The molecule has 2 aliphatic rings. The summed E-state index contributed by atoms with van der Waals surface area (Å²) in [6.45, 7) is 3.70. The van der Waals surface area contributed by atoms with Gasteiger partial charge in [0.05, 0.1) is 0 Å². The second-order valence-electron chi connectivity index (χ2n) is 5.17. The van der Waals surface area contributed by atoms with E-state index in [0.717, 1.165) is 6.54 Å². The smallest absolute Gasteiger partial charge is 0.0343 e. The zero-order valence-electron chi connectivity index (χ0n) is 9.67. The summed E-state index contributed by atoms with van der Waals surface area (Å²) in [6.07, 6.45) is 11.2. The summed E-state index contributed by atoms with van der Waals surface area (Å²) in [7, 11) is 0. The van der Waals surface area contributed by atoms with Gasteiger partial charge in [-0.1, -0.05) is 38.5 Å². The minimum absolute atomic E-state index is 0.445. The SMILES string of the molecule is SNCC1(N2CCCCC2)CCCCC1. The summed E-state index contributed by atoms with van der Waals surface area (Å²) < 4.78 is 3.13. The summed E-state index contributed by atoms with van der Waals surface area (Å²) in [4.78, 5) is 2.75. The molecule has 2 rings (SSSR count). The van der Waals surface area contributed by atoms with Crippen LogP contribution in [0.15, 0.2) is 0 Å². The fourth-order valence-corrected chi connectivity index (χ4v) is 3.62. The number of hydrogen-bond acceptors (Lipinski definition) is 3. The first kappa shape index (κ1) is 11.7. The number of likely N-dealkylation sites (tertiary alicyclic amines) is 1. The third-order valence-corrected chi connectivity index (χ3v) is 4.38. The third kappa shape index (κ3) is 2.69. The van der Waals surface area contributed by atoms with Crippen LogP contribution in [0.2, 0.25) is 0 Å². The molecule has 2 fully saturated rings. The van der Waals surface area contributed by atoms with Crippen LogP contribution in [0.3, 0.4) is 0 Å². The van der Waals surface area contributed by atoms with Crippen LogP contribution < -0.4 is 4.72 Å². The van der Waals surface area contributed by atoms with Crippen LogP contribution in [0, 0.1) is 0 Å². The average Bonchev–Trinajstić information content (AvgIpc) is 2.32. The van der Waals surface area contributed by atoms with Crippen molar-refractivity contribution in [3.8, 4) is 0 Å². The molecule has 1 saturated heterocycles. The van der Waals surface area contributed by atoms with Gasteiger partial charge in [0.15, 0.2) is 0 Å². The zero-order chi connectivity index (χ0) is 10.6. The lowest BCUT2D eigenvalue weighted by Crippen LogP contribution is -2.56. The molecular weight excluding hydrogens is 204 g/mol. The second kappa shape index (κ2) is 5.55. The van der Waals surface area contributed by atoms with E-state index in [4.69, 9.17) is 0 Å². The van der Waals surface area contributed by atoms with Crippen LogP contribution in [0.1, 0.15) is 51.4 Å². The first-order chi connectivity index (χ1) is 7.37. The third-order valence-electron chi connectivity index (χ3n) is 4.22. The summed E-state index contributed by atoms with van der Waals surface area (Å²) >= 11 is 4.23. The van der Waals surface area contributed by atoms with Crippen molar-refractivity contribution in [3.05, 3.63) is 0 Å². The van der Waals surface area contributed by atoms with Crippen molar-refractivity contribution in [2.24, 2.45) is 0 Å². The highest BCUT2D eigenvalue weighted by Crippen LogP contribution is 2.35. The van der Waals surface area contributed by atoms with E-state index < -0.39 is 0 Å². The highest BCUT2D eigenvalue weighted by atomic mass is 32.1. The molecule has 88 valence electrons. The molecule has 0 aromatic carbocycles. The maximum atomic E-state index is 4.23. The summed E-state index contributed by atoms with van der Waals surface area (Å²) in [5.41, 5.74) is 0.445. The monoisotopic (exact) mass is 228 g/mol. The van der Waals surface area contributed by atoms with E-state index in [2.05, 4.69) is 22.4 Å². The van der Waals surface area contributed by atoms with Crippen LogP contribution >= 0.6 is 12.8 Å². The molecule has 0 aromatic heterocycles. The molecule has 1 aliphatic heterocycles. The molecule has 0 aromatic rings. The van der Waals surface area contributed by atoms with Gasteiger partial charge in [-0.2, -0.15) is 0 Å². The Kier molecular flexibility index (Phi) is 4.35. The molecule has 15 heavy (non-hydrogen) atoms. The molecule has 2 nitrogen and oxygen atoms in total. The molecule has 0 unspecified atom stereocenters. The lowest BCUT2D eigenvalue weighted by molar-refractivity contribution is 0.0382. The van der Waals surface area contributed by atoms with Gasteiger partial charge in [0, 0.05) is 12.1 Å². The molecule has 0 spiro atoms. The number of hydrogen-bond donors (Lipinski definition) is 2. The van der Waals surface area contributed by atoms with Crippen molar-refractivity contribution in [1.82, 2.24) is 9.62 Å². The molecule has 1 aliphatic carbocycles. The zero-order valence-corrected chi connectivity index (χ0v) is 10.6. The Morgan fingerprint density at radius 3 is 2.13 bits per heavy atom. The van der Waals surface area contributed by atoms with E-state index in [1.807, 2.05) is 0 Å². The predicted molar refractivity (Wildman–Crippen MR) is 68.2 cm³/mol. The van der Waals surface area contributed by atoms with Gasteiger partial charge in [0.25, 0.3) is 0 Å². The van der Waals surface area contributed by atoms with Crippen molar-refractivity contribution in [2.45, 2.75) is 56.9 Å². The summed E-state index contributed by atoms with van der Waals surface area (Å²) in [5, 5.41) is 0. The van der Waals surface area contributed by atoms with Crippen LogP contribution in [0.5, 0.6) is 0 Å². The van der Waals surface area contributed by atoms with E-state index in [-0.39, 0.29) is 0 Å². The number of nitrogens with one attached hydrogen (secondary N) is 1. The van der Waals surface area contributed by atoms with Gasteiger partial charge in [0.2, 0.25) is 0 Å². The fourth-order valence-electron chi connectivity index (χ4n) is 3.33. The fraction of sp³-hybridized carbons (Fsp3) is 1.00. The molecule has 0 bridgehead atoms. The maximum absolute atomic E-state index is 4.23. The molecule has 0 amide bonds. The van der Waals surface area contributed by atoms with Gasteiger partial charge in [-0.25, -0.2) is 0 Å². The van der Waals surface area contributed by atoms with Gasteiger partial charge in [-0.15, -0.1) is 0 Å². The number of nitrogens with zero attached hydrogens (tertiary/aromatic N) is 1. The topological polar surface area (TPSA) is 15.3 Å². The molecule has 3 heteroatoms. The van der Waals surface area contributed by atoms with Gasteiger partial charge in [-0.05, 0) is 38.8 Å². The van der Waals surface area contributed by atoms with Crippen LogP contribution in [0.4, 0.5) is 0 Å². The normalized spacial score (nSPS) is 27.8. The lowest BCUT2D eigenvalue weighted by Gasteiger charge is -2.48. The number of piperidine rings is 1. The van der Waals surface area contributed by atoms with Crippen molar-refractivity contribution in [1.29, 1.82) is 0 Å². The maximum Gasteiger partial charge on any atom is 0.0343 e. The van der Waals surface area contributed by atoms with E-state index >= 15 is 0 Å². The minimum atomic E-state index is 0.445.